The Kier molecular flexibility index (Phi) is 4.15. The van der Waals surface area contributed by atoms with Gasteiger partial charge in [0, 0.05) is 18.9 Å². The molecule has 0 atom stereocenters. The number of halogens is 3. The Morgan fingerprint density at radius 3 is 2.63 bits per heavy atom. The highest BCUT2D eigenvalue weighted by Crippen LogP contribution is 2.29. The highest BCUT2D eigenvalue weighted by atomic mass is 35.5. The van der Waals surface area contributed by atoms with Crippen molar-refractivity contribution in [3.63, 3.8) is 0 Å². The summed E-state index contributed by atoms with van der Waals surface area (Å²) in [4.78, 5) is 2.45. The van der Waals surface area contributed by atoms with Gasteiger partial charge in [0.25, 0.3) is 0 Å². The lowest BCUT2D eigenvalue weighted by atomic mass is 10.3. The van der Waals surface area contributed by atoms with Gasteiger partial charge in [0.05, 0.1) is 10.0 Å². The van der Waals surface area contributed by atoms with Crippen LogP contribution in [0, 0.1) is 5.82 Å². The molecule has 2 aromatic rings. The van der Waals surface area contributed by atoms with E-state index in [4.69, 9.17) is 23.2 Å². The Bertz CT molecular complexity index is 687. The van der Waals surface area contributed by atoms with Crippen LogP contribution in [-0.2, 0) is 16.6 Å². The molecular weight excluding hydrogens is 314 g/mol. The lowest BCUT2D eigenvalue weighted by Crippen LogP contribution is -2.23. The molecule has 0 aliphatic rings. The van der Waals surface area contributed by atoms with E-state index in [9.17, 15) is 12.8 Å². The van der Waals surface area contributed by atoms with Crippen LogP contribution < -0.4 is 4.72 Å². The summed E-state index contributed by atoms with van der Waals surface area (Å²) >= 11 is 11.2. The SMILES string of the molecule is O=S(=O)(NCc1cc[nH]c1)c1ccc(Cl)c(F)c1Cl. The third kappa shape index (κ3) is 3.09. The number of aromatic nitrogens is 1. The Morgan fingerprint density at radius 1 is 1.26 bits per heavy atom. The van der Waals surface area contributed by atoms with Crippen molar-refractivity contribution in [1.29, 1.82) is 0 Å². The van der Waals surface area contributed by atoms with E-state index in [-0.39, 0.29) is 16.5 Å². The van der Waals surface area contributed by atoms with Crippen molar-refractivity contribution in [2.75, 3.05) is 0 Å². The smallest absolute Gasteiger partial charge is 0.242 e. The van der Waals surface area contributed by atoms with E-state index in [1.165, 1.54) is 0 Å². The number of rotatable bonds is 4. The van der Waals surface area contributed by atoms with Gasteiger partial charge in [0.2, 0.25) is 10.0 Å². The topological polar surface area (TPSA) is 62.0 Å². The van der Waals surface area contributed by atoms with Gasteiger partial charge in [-0.05, 0) is 23.8 Å². The second-order valence-corrected chi connectivity index (χ2v) is 6.24. The molecule has 0 spiro atoms. The second-order valence-electron chi connectivity index (χ2n) is 3.72. The van der Waals surface area contributed by atoms with Gasteiger partial charge in [0.15, 0.2) is 5.82 Å². The molecule has 0 fully saturated rings. The minimum Gasteiger partial charge on any atom is -0.367 e. The van der Waals surface area contributed by atoms with E-state index < -0.39 is 20.9 Å². The summed E-state index contributed by atoms with van der Waals surface area (Å²) in [6, 6.07) is 4.02. The summed E-state index contributed by atoms with van der Waals surface area (Å²) in [6.07, 6.45) is 3.31. The zero-order valence-corrected chi connectivity index (χ0v) is 11.8. The van der Waals surface area contributed by atoms with Crippen molar-refractivity contribution < 1.29 is 12.8 Å². The van der Waals surface area contributed by atoms with Gasteiger partial charge in [-0.15, -0.1) is 0 Å². The highest BCUT2D eigenvalue weighted by molar-refractivity contribution is 7.89. The van der Waals surface area contributed by atoms with Crippen molar-refractivity contribution in [2.24, 2.45) is 0 Å². The number of hydrogen-bond acceptors (Lipinski definition) is 2. The average Bonchev–Trinajstić information content (AvgIpc) is 2.86. The zero-order chi connectivity index (χ0) is 14.0. The van der Waals surface area contributed by atoms with Crippen LogP contribution in [0.1, 0.15) is 5.56 Å². The van der Waals surface area contributed by atoms with Crippen molar-refractivity contribution in [2.45, 2.75) is 11.4 Å². The first-order chi connectivity index (χ1) is 8.92. The third-order valence-corrected chi connectivity index (χ3v) is 4.64. The molecule has 102 valence electrons. The Morgan fingerprint density at radius 2 is 2.00 bits per heavy atom. The van der Waals surface area contributed by atoms with Gasteiger partial charge < -0.3 is 4.98 Å². The van der Waals surface area contributed by atoms with Crippen LogP contribution >= 0.6 is 23.2 Å². The van der Waals surface area contributed by atoms with Crippen molar-refractivity contribution in [1.82, 2.24) is 9.71 Å². The molecule has 4 nitrogen and oxygen atoms in total. The largest absolute Gasteiger partial charge is 0.367 e. The predicted octanol–water partition coefficient (Wildman–Crippen LogP) is 2.94. The molecule has 1 heterocycles. The van der Waals surface area contributed by atoms with E-state index in [1.807, 2.05) is 0 Å². The van der Waals surface area contributed by atoms with Gasteiger partial charge in [0.1, 0.15) is 4.90 Å². The molecular formula is C11H9Cl2FN2O2S. The van der Waals surface area contributed by atoms with Gasteiger partial charge in [-0.3, -0.25) is 0 Å². The van der Waals surface area contributed by atoms with Gasteiger partial charge in [-0.2, -0.15) is 0 Å². The fraction of sp³-hybridized carbons (Fsp3) is 0.0909. The monoisotopic (exact) mass is 322 g/mol. The number of sulfonamides is 1. The van der Waals surface area contributed by atoms with E-state index in [0.29, 0.717) is 0 Å². The van der Waals surface area contributed by atoms with Crippen molar-refractivity contribution >= 4 is 33.2 Å². The fourth-order valence-electron chi connectivity index (χ4n) is 1.44. The molecule has 0 aliphatic heterocycles. The zero-order valence-electron chi connectivity index (χ0n) is 9.45. The molecule has 19 heavy (non-hydrogen) atoms. The summed E-state index contributed by atoms with van der Waals surface area (Å²) in [7, 11) is -3.90. The number of H-pyrrole nitrogens is 1. The first kappa shape index (κ1) is 14.3. The minimum absolute atomic E-state index is 0.0758. The Balaban J connectivity index is 2.27. The lowest BCUT2D eigenvalue weighted by molar-refractivity contribution is 0.577. The molecule has 0 amide bonds. The molecule has 2 N–H and O–H groups in total. The van der Waals surface area contributed by atoms with Crippen LogP contribution in [0.2, 0.25) is 10.0 Å². The van der Waals surface area contributed by atoms with Crippen molar-refractivity contribution in [3.8, 4) is 0 Å². The molecule has 0 radical (unpaired) electrons. The standard InChI is InChI=1S/C11H9Cl2FN2O2S/c12-8-1-2-9(10(13)11(8)14)19(17,18)16-6-7-3-4-15-5-7/h1-5,15-16H,6H2. The summed E-state index contributed by atoms with van der Waals surface area (Å²) in [6.45, 7) is 0.0758. The molecule has 1 aromatic carbocycles. The molecule has 0 saturated heterocycles. The van der Waals surface area contributed by atoms with Crippen LogP contribution in [0.15, 0.2) is 35.5 Å². The maximum absolute atomic E-state index is 13.5. The lowest BCUT2D eigenvalue weighted by Gasteiger charge is -2.08. The fourth-order valence-corrected chi connectivity index (χ4v) is 3.20. The molecule has 0 bridgehead atoms. The maximum Gasteiger partial charge on any atom is 0.242 e. The minimum atomic E-state index is -3.90. The third-order valence-electron chi connectivity index (χ3n) is 2.42. The van der Waals surface area contributed by atoms with Crippen molar-refractivity contribution in [3.05, 3.63) is 52.0 Å². The molecule has 1 aromatic heterocycles. The number of benzene rings is 1. The number of nitrogens with one attached hydrogen (secondary N) is 2. The van der Waals surface area contributed by atoms with Gasteiger partial charge in [-0.1, -0.05) is 23.2 Å². The number of aromatic amines is 1. The first-order valence-electron chi connectivity index (χ1n) is 5.16. The number of hydrogen-bond donors (Lipinski definition) is 2. The van der Waals surface area contributed by atoms with Crippen LogP contribution in [0.3, 0.4) is 0 Å². The van der Waals surface area contributed by atoms with E-state index in [2.05, 4.69) is 9.71 Å². The highest BCUT2D eigenvalue weighted by Gasteiger charge is 2.21. The summed E-state index contributed by atoms with van der Waals surface area (Å²) in [5.41, 5.74) is 0.745. The quantitative estimate of drug-likeness (QED) is 0.850. The second kappa shape index (κ2) is 5.50. The average molecular weight is 323 g/mol. The van der Waals surface area contributed by atoms with Gasteiger partial charge >= 0.3 is 0 Å². The molecule has 0 aliphatic carbocycles. The van der Waals surface area contributed by atoms with Crippen LogP contribution in [-0.4, -0.2) is 13.4 Å². The summed E-state index contributed by atoms with van der Waals surface area (Å²) < 4.78 is 39.8. The van der Waals surface area contributed by atoms with Crippen LogP contribution in [0.25, 0.3) is 0 Å². The van der Waals surface area contributed by atoms with Gasteiger partial charge in [-0.25, -0.2) is 17.5 Å². The summed E-state index contributed by atoms with van der Waals surface area (Å²) in [5.74, 6) is -0.951. The Labute approximate surface area is 119 Å². The normalized spacial score (nSPS) is 11.7. The molecule has 8 heteroatoms. The van der Waals surface area contributed by atoms with E-state index in [0.717, 1.165) is 17.7 Å². The maximum atomic E-state index is 13.5. The molecule has 0 saturated carbocycles. The summed E-state index contributed by atoms with van der Waals surface area (Å²) in [5, 5.41) is -0.747. The Hall–Kier alpha value is -1.08. The first-order valence-corrected chi connectivity index (χ1v) is 7.40. The molecule has 0 unspecified atom stereocenters. The predicted molar refractivity (Wildman–Crippen MR) is 71.2 cm³/mol. The van der Waals surface area contributed by atoms with Crippen LogP contribution in [0.5, 0.6) is 0 Å². The van der Waals surface area contributed by atoms with Crippen LogP contribution in [0.4, 0.5) is 4.39 Å². The molecule has 2 rings (SSSR count). The van der Waals surface area contributed by atoms with E-state index >= 15 is 0 Å². The van der Waals surface area contributed by atoms with E-state index in [1.54, 1.807) is 18.5 Å².